The molecule has 126 valence electrons. The number of halogens is 1. The zero-order chi connectivity index (χ0) is 17.3. The summed E-state index contributed by atoms with van der Waals surface area (Å²) in [5.41, 5.74) is 6.09. The van der Waals surface area contributed by atoms with Gasteiger partial charge in [0.05, 0.1) is 0 Å². The number of nitrogens with zero attached hydrogens (tertiary/aromatic N) is 1. The normalized spacial score (nSPS) is 31.0. The van der Waals surface area contributed by atoms with Crippen LogP contribution in [0.25, 0.3) is 16.5 Å². The second kappa shape index (κ2) is 4.92. The molecule has 3 atom stereocenters. The minimum absolute atomic E-state index is 0.0224. The fourth-order valence-electron chi connectivity index (χ4n) is 4.86. The SMILES string of the molecule is C=C[C@]1(C)C(NC)=C2c3c[n-]c4cccc(c34)C(C)(C)[C@H]2C[C@H]1Cl. The molecular weight excluding hydrogens is 316 g/mol. The zero-order valence-electron chi connectivity index (χ0n) is 14.8. The van der Waals surface area contributed by atoms with Gasteiger partial charge < -0.3 is 10.3 Å². The van der Waals surface area contributed by atoms with Crippen molar-refractivity contribution in [2.24, 2.45) is 11.3 Å². The lowest BCUT2D eigenvalue weighted by Crippen LogP contribution is -2.46. The van der Waals surface area contributed by atoms with Crippen LogP contribution in [-0.2, 0) is 5.41 Å². The fraction of sp³-hybridized carbons (Fsp3) is 0.429. The summed E-state index contributed by atoms with van der Waals surface area (Å²) in [6.45, 7) is 11.0. The van der Waals surface area contributed by atoms with E-state index in [9.17, 15) is 0 Å². The number of fused-ring (bicyclic) bond motifs is 2. The maximum atomic E-state index is 6.89. The highest BCUT2D eigenvalue weighted by Crippen LogP contribution is 2.58. The summed E-state index contributed by atoms with van der Waals surface area (Å²) in [4.78, 5) is 4.69. The molecule has 2 nitrogen and oxygen atoms in total. The third-order valence-corrected chi connectivity index (χ3v) is 7.06. The minimum atomic E-state index is -0.256. The van der Waals surface area contributed by atoms with Crippen LogP contribution in [0, 0.1) is 11.3 Å². The van der Waals surface area contributed by atoms with Gasteiger partial charge in [-0.15, -0.1) is 23.7 Å². The summed E-state index contributed by atoms with van der Waals surface area (Å²) in [5.74, 6) is 0.373. The lowest BCUT2D eigenvalue weighted by Gasteiger charge is -2.50. The number of nitrogens with one attached hydrogen (secondary N) is 1. The largest absolute Gasteiger partial charge is 0.663 e. The summed E-state index contributed by atoms with van der Waals surface area (Å²) in [6.07, 6.45) is 4.99. The van der Waals surface area contributed by atoms with Gasteiger partial charge in [0.25, 0.3) is 0 Å². The molecule has 1 heterocycles. The van der Waals surface area contributed by atoms with E-state index in [-0.39, 0.29) is 16.2 Å². The zero-order valence-corrected chi connectivity index (χ0v) is 15.5. The molecule has 0 saturated heterocycles. The summed E-state index contributed by atoms with van der Waals surface area (Å²) in [7, 11) is 2.00. The number of benzene rings is 1. The van der Waals surface area contributed by atoms with Crippen molar-refractivity contribution in [3.8, 4) is 0 Å². The van der Waals surface area contributed by atoms with Crippen LogP contribution in [0.1, 0.15) is 38.3 Å². The van der Waals surface area contributed by atoms with E-state index in [1.54, 1.807) is 0 Å². The number of hydrogen-bond acceptors (Lipinski definition) is 1. The van der Waals surface area contributed by atoms with Crippen LogP contribution in [0.3, 0.4) is 0 Å². The molecule has 2 aromatic rings. The second-order valence-corrected chi connectivity index (χ2v) is 8.40. The van der Waals surface area contributed by atoms with E-state index < -0.39 is 0 Å². The van der Waals surface area contributed by atoms with Gasteiger partial charge in [-0.3, -0.25) is 0 Å². The monoisotopic (exact) mass is 339 g/mol. The smallest absolute Gasteiger partial charge is 0.0485 e. The quantitative estimate of drug-likeness (QED) is 0.626. The Bertz CT molecular complexity index is 873. The van der Waals surface area contributed by atoms with Crippen LogP contribution in [0.15, 0.2) is 42.7 Å². The van der Waals surface area contributed by atoms with Gasteiger partial charge >= 0.3 is 0 Å². The van der Waals surface area contributed by atoms with Gasteiger partial charge in [0.2, 0.25) is 0 Å². The van der Waals surface area contributed by atoms with Gasteiger partial charge in [0.1, 0.15) is 0 Å². The van der Waals surface area contributed by atoms with E-state index in [2.05, 4.69) is 55.9 Å². The van der Waals surface area contributed by atoms with Crippen LogP contribution in [-0.4, -0.2) is 12.4 Å². The maximum Gasteiger partial charge on any atom is 0.0485 e. The minimum Gasteiger partial charge on any atom is -0.663 e. The molecule has 1 N–H and O–H groups in total. The molecule has 1 aromatic heterocycles. The molecular formula is C21H24ClN2-. The molecule has 24 heavy (non-hydrogen) atoms. The van der Waals surface area contributed by atoms with Crippen molar-refractivity contribution < 1.29 is 0 Å². The summed E-state index contributed by atoms with van der Waals surface area (Å²) >= 11 is 6.89. The Balaban J connectivity index is 2.15. The first-order valence-corrected chi connectivity index (χ1v) is 9.05. The van der Waals surface area contributed by atoms with Crippen molar-refractivity contribution in [2.45, 2.75) is 38.0 Å². The number of aromatic nitrogens is 1. The van der Waals surface area contributed by atoms with E-state index in [1.165, 1.54) is 27.8 Å². The van der Waals surface area contributed by atoms with Crippen molar-refractivity contribution in [1.82, 2.24) is 10.3 Å². The van der Waals surface area contributed by atoms with Crippen LogP contribution in [0.4, 0.5) is 0 Å². The van der Waals surface area contributed by atoms with Gasteiger partial charge in [-0.2, -0.15) is 6.20 Å². The highest BCUT2D eigenvalue weighted by Gasteiger charge is 2.50. The predicted molar refractivity (Wildman–Crippen MR) is 102 cm³/mol. The van der Waals surface area contributed by atoms with Crippen molar-refractivity contribution in [3.05, 3.63) is 53.9 Å². The van der Waals surface area contributed by atoms with Crippen molar-refractivity contribution in [1.29, 1.82) is 0 Å². The van der Waals surface area contributed by atoms with E-state index in [4.69, 9.17) is 11.6 Å². The van der Waals surface area contributed by atoms with Crippen LogP contribution in [0.5, 0.6) is 0 Å². The molecule has 0 fully saturated rings. The average Bonchev–Trinajstić information content (AvgIpc) is 2.99. The van der Waals surface area contributed by atoms with Gasteiger partial charge in [-0.25, -0.2) is 0 Å². The van der Waals surface area contributed by atoms with Crippen LogP contribution in [0.2, 0.25) is 0 Å². The average molecular weight is 340 g/mol. The first kappa shape index (κ1) is 15.8. The molecule has 0 bridgehead atoms. The third kappa shape index (κ3) is 1.73. The van der Waals surface area contributed by atoms with E-state index in [0.29, 0.717) is 5.92 Å². The summed E-state index contributed by atoms with van der Waals surface area (Å²) < 4.78 is 0. The number of allylic oxidation sites excluding steroid dienone is 2. The lowest BCUT2D eigenvalue weighted by molar-refractivity contribution is 0.296. The molecule has 0 radical (unpaired) electrons. The molecule has 3 heteroatoms. The molecule has 4 rings (SSSR count). The molecule has 0 amide bonds. The van der Waals surface area contributed by atoms with Crippen molar-refractivity contribution in [2.75, 3.05) is 7.05 Å². The van der Waals surface area contributed by atoms with Gasteiger partial charge in [-0.05, 0) is 46.8 Å². The number of rotatable bonds is 2. The number of hydrogen-bond donors (Lipinski definition) is 1. The van der Waals surface area contributed by atoms with Gasteiger partial charge in [0, 0.05) is 23.5 Å². The fourth-order valence-corrected chi connectivity index (χ4v) is 5.24. The molecule has 2 aliphatic carbocycles. The van der Waals surface area contributed by atoms with Crippen LogP contribution >= 0.6 is 11.6 Å². The number of alkyl halides is 1. The Morgan fingerprint density at radius 3 is 2.75 bits per heavy atom. The van der Waals surface area contributed by atoms with Gasteiger partial charge in [0.15, 0.2) is 0 Å². The predicted octanol–water partition coefficient (Wildman–Crippen LogP) is 4.84. The molecule has 0 spiro atoms. The van der Waals surface area contributed by atoms with Crippen LogP contribution < -0.4 is 10.3 Å². The maximum absolute atomic E-state index is 6.89. The Hall–Kier alpha value is -1.67. The molecule has 0 aliphatic heterocycles. The molecule has 0 saturated carbocycles. The lowest BCUT2D eigenvalue weighted by atomic mass is 9.56. The second-order valence-electron chi connectivity index (χ2n) is 7.87. The standard InChI is InChI=1S/C21H24ClN2/c1-6-21(4)16(22)10-14-18(19(21)23-5)12-11-24-15-9-7-8-13(17(12)15)20(14,2)3/h6-9,11,14,16,23H,1,10H2,2-5H3/q-1/t14-,16+,21-/m0/s1. The molecule has 1 aromatic carbocycles. The van der Waals surface area contributed by atoms with E-state index in [1.807, 2.05) is 19.3 Å². The highest BCUT2D eigenvalue weighted by atomic mass is 35.5. The van der Waals surface area contributed by atoms with Crippen molar-refractivity contribution in [3.63, 3.8) is 0 Å². The summed E-state index contributed by atoms with van der Waals surface area (Å²) in [6, 6.07) is 6.49. The first-order valence-electron chi connectivity index (χ1n) is 8.61. The van der Waals surface area contributed by atoms with E-state index >= 15 is 0 Å². The van der Waals surface area contributed by atoms with Crippen molar-refractivity contribution >= 4 is 28.1 Å². The summed E-state index contributed by atoms with van der Waals surface area (Å²) in [5, 5.41) is 4.80. The third-order valence-electron chi connectivity index (χ3n) is 6.42. The van der Waals surface area contributed by atoms with E-state index in [0.717, 1.165) is 11.9 Å². The topological polar surface area (TPSA) is 26.1 Å². The van der Waals surface area contributed by atoms with Gasteiger partial charge in [-0.1, -0.05) is 38.1 Å². The Labute approximate surface area is 149 Å². The molecule has 0 unspecified atom stereocenters. The first-order chi connectivity index (χ1) is 11.4. The Morgan fingerprint density at radius 1 is 1.33 bits per heavy atom. The highest BCUT2D eigenvalue weighted by molar-refractivity contribution is 6.22. The Morgan fingerprint density at radius 2 is 2.08 bits per heavy atom. The Kier molecular flexibility index (Phi) is 3.25. The molecule has 2 aliphatic rings.